The van der Waals surface area contributed by atoms with Crippen LogP contribution in [-0.4, -0.2) is 20.3 Å². The molecule has 1 aromatic rings. The van der Waals surface area contributed by atoms with Crippen molar-refractivity contribution in [2.75, 3.05) is 20.3 Å². The van der Waals surface area contributed by atoms with E-state index in [9.17, 15) is 4.39 Å². The second-order valence-electron chi connectivity index (χ2n) is 3.97. The third-order valence-corrected chi connectivity index (χ3v) is 3.30. The van der Waals surface area contributed by atoms with E-state index in [1.54, 1.807) is 19.2 Å². The molecule has 0 aliphatic carbocycles. The van der Waals surface area contributed by atoms with Crippen LogP contribution in [-0.2, 0) is 11.3 Å². The molecule has 0 radical (unpaired) electrons. The van der Waals surface area contributed by atoms with E-state index in [0.29, 0.717) is 6.54 Å². The van der Waals surface area contributed by atoms with Crippen LogP contribution >= 0.6 is 15.9 Å². The number of ether oxygens (including phenoxy) is 1. The molecule has 0 bridgehead atoms. The van der Waals surface area contributed by atoms with Crippen LogP contribution in [0.5, 0.6) is 0 Å². The van der Waals surface area contributed by atoms with E-state index in [-0.39, 0.29) is 5.82 Å². The molecule has 2 nitrogen and oxygen atoms in total. The molecule has 1 rings (SSSR count). The average molecular weight is 304 g/mol. The first-order valence-electron chi connectivity index (χ1n) is 5.87. The van der Waals surface area contributed by atoms with Gasteiger partial charge in [-0.15, -0.1) is 0 Å². The van der Waals surface area contributed by atoms with Crippen molar-refractivity contribution in [2.45, 2.75) is 25.8 Å². The van der Waals surface area contributed by atoms with Gasteiger partial charge in [-0.2, -0.15) is 0 Å². The summed E-state index contributed by atoms with van der Waals surface area (Å²) < 4.78 is 18.9. The van der Waals surface area contributed by atoms with Gasteiger partial charge in [-0.1, -0.05) is 15.9 Å². The van der Waals surface area contributed by atoms with E-state index >= 15 is 0 Å². The van der Waals surface area contributed by atoms with Gasteiger partial charge in [-0.25, -0.2) is 4.39 Å². The van der Waals surface area contributed by atoms with Gasteiger partial charge < -0.3 is 10.1 Å². The van der Waals surface area contributed by atoms with E-state index in [1.807, 2.05) is 0 Å². The van der Waals surface area contributed by atoms with Crippen molar-refractivity contribution in [3.05, 3.63) is 34.1 Å². The van der Waals surface area contributed by atoms with Crippen LogP contribution < -0.4 is 5.32 Å². The predicted molar refractivity (Wildman–Crippen MR) is 71.5 cm³/mol. The summed E-state index contributed by atoms with van der Waals surface area (Å²) in [5.74, 6) is -0.190. The molecule has 96 valence electrons. The summed E-state index contributed by atoms with van der Waals surface area (Å²) in [6.07, 6.45) is 3.38. The SMILES string of the molecule is COCCCCCNCc1cc(F)ccc1Br. The van der Waals surface area contributed by atoms with Crippen molar-refractivity contribution in [3.63, 3.8) is 0 Å². The monoisotopic (exact) mass is 303 g/mol. The van der Waals surface area contributed by atoms with Crippen molar-refractivity contribution in [2.24, 2.45) is 0 Å². The van der Waals surface area contributed by atoms with Crippen molar-refractivity contribution in [1.82, 2.24) is 5.32 Å². The standard InChI is InChI=1S/C13H19BrFNO/c1-17-8-4-2-3-7-16-10-11-9-12(15)5-6-13(11)14/h5-6,9,16H,2-4,7-8,10H2,1H3. The second kappa shape index (κ2) is 8.61. The Balaban J connectivity index is 2.15. The minimum atomic E-state index is -0.190. The normalized spacial score (nSPS) is 10.8. The first-order chi connectivity index (χ1) is 8.24. The van der Waals surface area contributed by atoms with Gasteiger partial charge in [-0.3, -0.25) is 0 Å². The quantitative estimate of drug-likeness (QED) is 0.742. The fraction of sp³-hybridized carbons (Fsp3) is 0.538. The van der Waals surface area contributed by atoms with Crippen molar-refractivity contribution >= 4 is 15.9 Å². The molecule has 0 aliphatic rings. The Bertz CT molecular complexity index is 333. The number of hydrogen-bond donors (Lipinski definition) is 1. The smallest absolute Gasteiger partial charge is 0.123 e. The second-order valence-corrected chi connectivity index (χ2v) is 4.82. The average Bonchev–Trinajstić information content (AvgIpc) is 2.32. The summed E-state index contributed by atoms with van der Waals surface area (Å²) in [5.41, 5.74) is 0.960. The predicted octanol–water partition coefficient (Wildman–Crippen LogP) is 3.49. The lowest BCUT2D eigenvalue weighted by molar-refractivity contribution is 0.192. The molecule has 0 amide bonds. The molecule has 1 aromatic carbocycles. The lowest BCUT2D eigenvalue weighted by Crippen LogP contribution is -2.15. The molecule has 4 heteroatoms. The minimum absolute atomic E-state index is 0.190. The number of benzene rings is 1. The van der Waals surface area contributed by atoms with Gasteiger partial charge in [0.1, 0.15) is 5.82 Å². The van der Waals surface area contributed by atoms with Gasteiger partial charge in [-0.05, 0) is 49.6 Å². The van der Waals surface area contributed by atoms with Gasteiger partial charge in [0.2, 0.25) is 0 Å². The van der Waals surface area contributed by atoms with Crippen LogP contribution in [0.1, 0.15) is 24.8 Å². The van der Waals surface area contributed by atoms with Crippen LogP contribution in [0.15, 0.2) is 22.7 Å². The molecule has 0 heterocycles. The highest BCUT2D eigenvalue weighted by Gasteiger charge is 2.00. The first-order valence-corrected chi connectivity index (χ1v) is 6.67. The maximum absolute atomic E-state index is 13.0. The van der Waals surface area contributed by atoms with Gasteiger partial charge >= 0.3 is 0 Å². The van der Waals surface area contributed by atoms with E-state index < -0.39 is 0 Å². The molecule has 1 N–H and O–H groups in total. The largest absolute Gasteiger partial charge is 0.385 e. The number of rotatable bonds is 8. The molecule has 0 unspecified atom stereocenters. The molecule has 0 fully saturated rings. The molecule has 0 spiro atoms. The molecule has 0 saturated heterocycles. The number of hydrogen-bond acceptors (Lipinski definition) is 2. The van der Waals surface area contributed by atoms with Crippen molar-refractivity contribution in [1.29, 1.82) is 0 Å². The summed E-state index contributed by atoms with van der Waals surface area (Å²) in [6.45, 7) is 2.48. The summed E-state index contributed by atoms with van der Waals surface area (Å²) in [7, 11) is 1.72. The van der Waals surface area contributed by atoms with Crippen LogP contribution in [0, 0.1) is 5.82 Å². The maximum atomic E-state index is 13.0. The minimum Gasteiger partial charge on any atom is -0.385 e. The van der Waals surface area contributed by atoms with Gasteiger partial charge in [0.05, 0.1) is 0 Å². The number of nitrogens with one attached hydrogen (secondary N) is 1. The van der Waals surface area contributed by atoms with Crippen LogP contribution in [0.3, 0.4) is 0 Å². The third kappa shape index (κ3) is 6.15. The molecular weight excluding hydrogens is 285 g/mol. The third-order valence-electron chi connectivity index (χ3n) is 2.53. The Labute approximate surface area is 111 Å². The Morgan fingerprint density at radius 2 is 2.12 bits per heavy atom. The molecule has 0 aromatic heterocycles. The van der Waals surface area contributed by atoms with Crippen LogP contribution in [0.25, 0.3) is 0 Å². The number of methoxy groups -OCH3 is 1. The Kier molecular flexibility index (Phi) is 7.40. The Hall–Kier alpha value is -0.450. The lowest BCUT2D eigenvalue weighted by Gasteiger charge is -2.07. The van der Waals surface area contributed by atoms with Crippen molar-refractivity contribution in [3.8, 4) is 0 Å². The summed E-state index contributed by atoms with van der Waals surface area (Å²) >= 11 is 3.41. The maximum Gasteiger partial charge on any atom is 0.123 e. The Morgan fingerprint density at radius 1 is 1.29 bits per heavy atom. The van der Waals surface area contributed by atoms with E-state index in [4.69, 9.17) is 4.74 Å². The van der Waals surface area contributed by atoms with Gasteiger partial charge in [0.25, 0.3) is 0 Å². The van der Waals surface area contributed by atoms with E-state index in [2.05, 4.69) is 21.2 Å². The van der Waals surface area contributed by atoms with Crippen LogP contribution in [0.4, 0.5) is 4.39 Å². The Morgan fingerprint density at radius 3 is 2.88 bits per heavy atom. The first kappa shape index (κ1) is 14.6. The molecular formula is C13H19BrFNO. The molecule has 0 saturated carbocycles. The van der Waals surface area contributed by atoms with Crippen molar-refractivity contribution < 1.29 is 9.13 Å². The summed E-state index contributed by atoms with van der Waals surface area (Å²) in [5, 5.41) is 3.31. The fourth-order valence-electron chi connectivity index (χ4n) is 1.58. The zero-order valence-electron chi connectivity index (χ0n) is 10.1. The number of unbranched alkanes of at least 4 members (excludes halogenated alkanes) is 2. The molecule has 17 heavy (non-hydrogen) atoms. The summed E-state index contributed by atoms with van der Waals surface area (Å²) in [4.78, 5) is 0. The molecule has 0 aliphatic heterocycles. The van der Waals surface area contributed by atoms with E-state index in [0.717, 1.165) is 42.5 Å². The highest BCUT2D eigenvalue weighted by atomic mass is 79.9. The number of halogens is 2. The highest BCUT2D eigenvalue weighted by molar-refractivity contribution is 9.10. The zero-order valence-corrected chi connectivity index (χ0v) is 11.7. The topological polar surface area (TPSA) is 21.3 Å². The molecule has 0 atom stereocenters. The van der Waals surface area contributed by atoms with E-state index in [1.165, 1.54) is 6.07 Å². The van der Waals surface area contributed by atoms with Gasteiger partial charge in [0.15, 0.2) is 0 Å². The van der Waals surface area contributed by atoms with Crippen LogP contribution in [0.2, 0.25) is 0 Å². The fourth-order valence-corrected chi connectivity index (χ4v) is 1.96. The van der Waals surface area contributed by atoms with Gasteiger partial charge in [0, 0.05) is 24.7 Å². The highest BCUT2D eigenvalue weighted by Crippen LogP contribution is 2.17. The lowest BCUT2D eigenvalue weighted by atomic mass is 10.2. The summed E-state index contributed by atoms with van der Waals surface area (Å²) in [6, 6.07) is 4.76. The zero-order chi connectivity index (χ0) is 12.5.